The maximum absolute atomic E-state index is 12.2. The van der Waals surface area contributed by atoms with Gasteiger partial charge in [0, 0.05) is 12.8 Å². The number of ketones is 1. The van der Waals surface area contributed by atoms with Crippen molar-refractivity contribution in [2.24, 2.45) is 0 Å². The third-order valence-corrected chi connectivity index (χ3v) is 3.54. The van der Waals surface area contributed by atoms with Crippen LogP contribution in [0.1, 0.15) is 50.9 Å². The predicted octanol–water partition coefficient (Wildman–Crippen LogP) is 2.98. The van der Waals surface area contributed by atoms with E-state index in [0.29, 0.717) is 18.4 Å². The Hall–Kier alpha value is -1.68. The third-order valence-electron chi connectivity index (χ3n) is 3.54. The minimum atomic E-state index is -0.497. The summed E-state index contributed by atoms with van der Waals surface area (Å²) in [7, 11) is 0. The van der Waals surface area contributed by atoms with Gasteiger partial charge in [0.1, 0.15) is 5.78 Å². The van der Waals surface area contributed by atoms with Gasteiger partial charge in [0.2, 0.25) is 0 Å². The van der Waals surface area contributed by atoms with E-state index in [1.807, 2.05) is 33.8 Å². The van der Waals surface area contributed by atoms with Gasteiger partial charge in [-0.05, 0) is 39.8 Å². The second-order valence-electron chi connectivity index (χ2n) is 6.56. The van der Waals surface area contributed by atoms with Gasteiger partial charge in [0.05, 0.1) is 16.6 Å². The first-order chi connectivity index (χ1) is 9.22. The Morgan fingerprint density at radius 2 is 1.55 bits per heavy atom. The van der Waals surface area contributed by atoms with Gasteiger partial charge in [-0.1, -0.05) is 18.2 Å². The van der Waals surface area contributed by atoms with Crippen LogP contribution in [0.25, 0.3) is 0 Å². The first-order valence-corrected chi connectivity index (χ1v) is 6.82. The van der Waals surface area contributed by atoms with Crippen molar-refractivity contribution in [1.82, 2.24) is 5.06 Å². The number of hydrogen-bond acceptors (Lipinski definition) is 4. The molecule has 1 aromatic rings. The molecule has 0 amide bonds. The first-order valence-electron chi connectivity index (χ1n) is 6.82. The number of benzene rings is 1. The van der Waals surface area contributed by atoms with Gasteiger partial charge in [-0.3, -0.25) is 4.79 Å². The SMILES string of the molecule is CC1(C)CC(=O)CC(C)(C)N1OC(=O)c1ccccc1. The Labute approximate surface area is 119 Å². The molecular weight excluding hydrogens is 254 g/mol. The van der Waals surface area contributed by atoms with Crippen LogP contribution in [0.2, 0.25) is 0 Å². The number of rotatable bonds is 2. The lowest BCUT2D eigenvalue weighted by Gasteiger charge is -2.49. The molecule has 4 nitrogen and oxygen atoms in total. The molecule has 0 atom stereocenters. The molecule has 20 heavy (non-hydrogen) atoms. The maximum Gasteiger partial charge on any atom is 0.357 e. The van der Waals surface area contributed by atoms with Crippen molar-refractivity contribution >= 4 is 11.8 Å². The lowest BCUT2D eigenvalue weighted by Crippen LogP contribution is -2.61. The Morgan fingerprint density at radius 3 is 2.05 bits per heavy atom. The van der Waals surface area contributed by atoms with E-state index >= 15 is 0 Å². The molecule has 0 spiro atoms. The highest BCUT2D eigenvalue weighted by molar-refractivity contribution is 5.89. The molecule has 1 aliphatic heterocycles. The number of carbonyl (C=O) groups is 2. The van der Waals surface area contributed by atoms with Gasteiger partial charge in [0.15, 0.2) is 0 Å². The summed E-state index contributed by atoms with van der Waals surface area (Å²) in [5.74, 6) is -0.187. The fraction of sp³-hybridized carbons (Fsp3) is 0.500. The van der Waals surface area contributed by atoms with Crippen LogP contribution < -0.4 is 0 Å². The van der Waals surface area contributed by atoms with Crippen molar-refractivity contribution in [3.8, 4) is 0 Å². The normalized spacial score (nSPS) is 21.5. The average molecular weight is 275 g/mol. The van der Waals surface area contributed by atoms with Crippen LogP contribution in [0.5, 0.6) is 0 Å². The lowest BCUT2D eigenvalue weighted by molar-refractivity contribution is -0.236. The molecule has 1 heterocycles. The van der Waals surface area contributed by atoms with Gasteiger partial charge in [-0.2, -0.15) is 0 Å². The molecule has 0 unspecified atom stereocenters. The zero-order chi connectivity index (χ0) is 15.0. The van der Waals surface area contributed by atoms with Crippen LogP contribution in [-0.4, -0.2) is 27.9 Å². The number of piperidine rings is 1. The minimum absolute atomic E-state index is 0.201. The first kappa shape index (κ1) is 14.7. The van der Waals surface area contributed by atoms with Crippen LogP contribution in [0, 0.1) is 0 Å². The predicted molar refractivity (Wildman–Crippen MR) is 76.1 cm³/mol. The van der Waals surface area contributed by atoms with Gasteiger partial charge in [-0.25, -0.2) is 4.79 Å². The highest BCUT2D eigenvalue weighted by Gasteiger charge is 2.47. The fourth-order valence-corrected chi connectivity index (χ4v) is 2.95. The van der Waals surface area contributed by atoms with Gasteiger partial charge in [0.25, 0.3) is 0 Å². The lowest BCUT2D eigenvalue weighted by atomic mass is 9.81. The summed E-state index contributed by atoms with van der Waals surface area (Å²) in [5.41, 5.74) is -0.483. The van der Waals surface area contributed by atoms with Crippen molar-refractivity contribution in [1.29, 1.82) is 0 Å². The molecule has 0 bridgehead atoms. The second kappa shape index (κ2) is 5.02. The standard InChI is InChI=1S/C16H21NO3/c1-15(2)10-13(18)11-16(3,4)17(15)20-14(19)12-8-6-5-7-9-12/h5-9H,10-11H2,1-4H3. The molecular formula is C16H21NO3. The van der Waals surface area contributed by atoms with E-state index in [1.54, 1.807) is 29.3 Å². The van der Waals surface area contributed by atoms with E-state index in [1.165, 1.54) is 0 Å². The number of Topliss-reactive ketones (excluding diaryl/α,β-unsaturated/α-hetero) is 1. The summed E-state index contributed by atoms with van der Waals surface area (Å²) in [4.78, 5) is 29.6. The summed E-state index contributed by atoms with van der Waals surface area (Å²) >= 11 is 0. The van der Waals surface area contributed by atoms with E-state index in [9.17, 15) is 9.59 Å². The average Bonchev–Trinajstić information content (AvgIpc) is 2.33. The van der Waals surface area contributed by atoms with E-state index in [0.717, 1.165) is 0 Å². The molecule has 108 valence electrons. The zero-order valence-electron chi connectivity index (χ0n) is 12.5. The molecule has 1 aliphatic rings. The molecule has 0 aliphatic carbocycles. The Kier molecular flexibility index (Phi) is 3.69. The highest BCUT2D eigenvalue weighted by Crippen LogP contribution is 2.37. The van der Waals surface area contributed by atoms with Gasteiger partial charge < -0.3 is 4.84 Å². The molecule has 1 fully saturated rings. The topological polar surface area (TPSA) is 46.6 Å². The van der Waals surface area contributed by atoms with Crippen molar-refractivity contribution < 1.29 is 14.4 Å². The van der Waals surface area contributed by atoms with E-state index in [-0.39, 0.29) is 11.8 Å². The molecule has 4 heteroatoms. The number of carbonyl (C=O) groups excluding carboxylic acids is 2. The van der Waals surface area contributed by atoms with E-state index < -0.39 is 11.1 Å². The summed E-state index contributed by atoms with van der Waals surface area (Å²) in [6, 6.07) is 8.89. The van der Waals surface area contributed by atoms with Crippen LogP contribution in [0.3, 0.4) is 0 Å². The summed E-state index contributed by atoms with van der Waals surface area (Å²) in [5, 5.41) is 1.68. The fourth-order valence-electron chi connectivity index (χ4n) is 2.95. The quantitative estimate of drug-likeness (QED) is 0.832. The Balaban J connectivity index is 2.22. The van der Waals surface area contributed by atoms with Crippen molar-refractivity contribution in [3.63, 3.8) is 0 Å². The number of hydrogen-bond donors (Lipinski definition) is 0. The van der Waals surface area contributed by atoms with Crippen LogP contribution >= 0.6 is 0 Å². The largest absolute Gasteiger partial charge is 0.363 e. The molecule has 0 radical (unpaired) electrons. The number of hydroxylamine groups is 2. The third kappa shape index (κ3) is 2.90. The highest BCUT2D eigenvalue weighted by atomic mass is 16.7. The molecule has 0 N–H and O–H groups in total. The van der Waals surface area contributed by atoms with Gasteiger partial charge in [-0.15, -0.1) is 5.06 Å². The van der Waals surface area contributed by atoms with E-state index in [2.05, 4.69) is 0 Å². The van der Waals surface area contributed by atoms with Crippen LogP contribution in [0.4, 0.5) is 0 Å². The Morgan fingerprint density at radius 1 is 1.05 bits per heavy atom. The molecule has 2 rings (SSSR count). The van der Waals surface area contributed by atoms with Crippen molar-refractivity contribution in [3.05, 3.63) is 35.9 Å². The number of nitrogens with zero attached hydrogens (tertiary/aromatic N) is 1. The smallest absolute Gasteiger partial charge is 0.357 e. The summed E-state index contributed by atoms with van der Waals surface area (Å²) in [6.45, 7) is 7.68. The Bertz CT molecular complexity index is 500. The van der Waals surface area contributed by atoms with Crippen molar-refractivity contribution in [2.75, 3.05) is 0 Å². The molecule has 0 aromatic heterocycles. The van der Waals surface area contributed by atoms with Crippen molar-refractivity contribution in [2.45, 2.75) is 51.6 Å². The van der Waals surface area contributed by atoms with Crippen LogP contribution in [-0.2, 0) is 9.63 Å². The minimum Gasteiger partial charge on any atom is -0.363 e. The molecule has 0 saturated carbocycles. The summed E-state index contributed by atoms with van der Waals surface area (Å²) < 4.78 is 0. The second-order valence-corrected chi connectivity index (χ2v) is 6.56. The molecule has 1 aromatic carbocycles. The zero-order valence-corrected chi connectivity index (χ0v) is 12.5. The molecule has 1 saturated heterocycles. The maximum atomic E-state index is 12.2. The van der Waals surface area contributed by atoms with E-state index in [4.69, 9.17) is 4.84 Å². The van der Waals surface area contributed by atoms with Crippen LogP contribution in [0.15, 0.2) is 30.3 Å². The monoisotopic (exact) mass is 275 g/mol. The van der Waals surface area contributed by atoms with Gasteiger partial charge >= 0.3 is 5.97 Å². The summed E-state index contributed by atoms with van der Waals surface area (Å²) in [6.07, 6.45) is 0.775.